The lowest BCUT2D eigenvalue weighted by Gasteiger charge is -2.29. The van der Waals surface area contributed by atoms with Crippen molar-refractivity contribution in [2.75, 3.05) is 62.0 Å². The number of anilines is 2. The third kappa shape index (κ3) is 16.1. The number of carbonyl (C=O) groups is 4. The van der Waals surface area contributed by atoms with Crippen LogP contribution >= 0.6 is 53.7 Å². The molecule has 5 heterocycles. The van der Waals surface area contributed by atoms with Crippen LogP contribution in [0.5, 0.6) is 5.75 Å². The average molecular weight is 1100 g/mol. The number of aryl methyl sites for hydroxylation is 2. The Morgan fingerprint density at radius 1 is 1.15 bits per heavy atom. The summed E-state index contributed by atoms with van der Waals surface area (Å²) in [5, 5.41) is 8.28. The van der Waals surface area contributed by atoms with Crippen molar-refractivity contribution < 1.29 is 56.8 Å². The summed E-state index contributed by atoms with van der Waals surface area (Å²) in [6.07, 6.45) is 9.25. The van der Waals surface area contributed by atoms with Crippen LogP contribution in [0.3, 0.4) is 0 Å². The highest BCUT2D eigenvalue weighted by Crippen LogP contribution is 2.39. The van der Waals surface area contributed by atoms with Gasteiger partial charge in [-0.05, 0) is 67.9 Å². The number of nitrogens with zero attached hydrogens (tertiary/aromatic N) is 6. The lowest BCUT2D eigenvalue weighted by molar-refractivity contribution is -0.144. The number of hydrogen-bond donors (Lipinski definition) is 3. The molecule has 0 spiro atoms. The van der Waals surface area contributed by atoms with Gasteiger partial charge in [-0.15, -0.1) is 18.0 Å². The number of carbonyl (C=O) groups excluding carboxylic acids is 3. The number of para-hydroxylation sites is 1. The minimum absolute atomic E-state index is 0.0371. The Labute approximate surface area is 437 Å². The van der Waals surface area contributed by atoms with Crippen LogP contribution < -0.4 is 25.1 Å². The van der Waals surface area contributed by atoms with Crippen LogP contribution in [0.25, 0.3) is 0 Å². The van der Waals surface area contributed by atoms with Gasteiger partial charge in [0.05, 0.1) is 30.7 Å². The standard InChI is InChI=1S/C18H17FN4O2S.C14H20ClNO2.C11H13Cl2NO3.C5H12NO4P/c1-4-5-22-13-7-12(11(19)6-14(13)25-9-16(22)24)20-17-23-10-18(2,3)8-15(23)21-26-17;1-4-11-7-6-8-12(5-2)14(11)16(10-18-3)13(17)9-15;1-11(2)14(10(15)9(12)13)6-8(17-11)7-4-3-5-16-7;1-11(9,10)3-2-4(6)5(7)8/h1,6-7H,5,8-10H2,2-3H3;6-8H,4-5,9-10H2,1-3H3;3-5,8-9H,6H2,1-2H3;4H,2-3,6H2,1H3,(H,7,8)(H,9,10). The Bertz CT molecular complexity index is 2670. The van der Waals surface area contributed by atoms with Crippen LogP contribution in [0, 0.1) is 23.6 Å². The molecule has 4 aromatic rings. The van der Waals surface area contributed by atoms with Crippen molar-refractivity contribution in [3.05, 3.63) is 82.1 Å². The molecule has 72 heavy (non-hydrogen) atoms. The minimum atomic E-state index is -3.10. The predicted molar refractivity (Wildman–Crippen MR) is 276 cm³/mol. The molecule has 18 nitrogen and oxygen atoms in total. The summed E-state index contributed by atoms with van der Waals surface area (Å²) in [5.41, 5.74) is 8.27. The number of ether oxygens (including phenoxy) is 3. The second-order valence-corrected chi connectivity index (χ2v) is 22.6. The van der Waals surface area contributed by atoms with E-state index in [0.717, 1.165) is 48.4 Å². The van der Waals surface area contributed by atoms with E-state index >= 15 is 0 Å². The molecule has 2 aromatic heterocycles. The molecule has 7 rings (SSSR count). The molecule has 1 fully saturated rings. The number of rotatable bonds is 14. The van der Waals surface area contributed by atoms with Crippen LogP contribution in [-0.4, -0.2) is 116 Å². The molecule has 3 unspecified atom stereocenters. The fourth-order valence-electron chi connectivity index (χ4n) is 7.70. The molecule has 3 atom stereocenters. The Balaban J connectivity index is 0.000000218. The second-order valence-electron chi connectivity index (χ2n) is 18.0. The zero-order valence-corrected chi connectivity index (χ0v) is 45.4. The number of aromatic nitrogens is 2. The van der Waals surface area contributed by atoms with Gasteiger partial charge in [0.25, 0.3) is 11.8 Å². The highest BCUT2D eigenvalue weighted by atomic mass is 35.5. The van der Waals surface area contributed by atoms with Crippen molar-refractivity contribution in [1.29, 1.82) is 0 Å². The number of hydrogen-bond acceptors (Lipinski definition) is 13. The number of benzene rings is 2. The van der Waals surface area contributed by atoms with Gasteiger partial charge in [0.15, 0.2) is 24.6 Å². The lowest BCUT2D eigenvalue weighted by atomic mass is 9.92. The zero-order valence-electron chi connectivity index (χ0n) is 41.4. The number of nitrogens with two attached hydrogens (primary N) is 1. The number of aliphatic carboxylic acids is 1. The first-order valence-electron chi connectivity index (χ1n) is 22.7. The molecule has 4 N–H and O–H groups in total. The Morgan fingerprint density at radius 3 is 2.36 bits per heavy atom. The van der Waals surface area contributed by atoms with E-state index in [1.54, 1.807) is 38.2 Å². The van der Waals surface area contributed by atoms with Crippen LogP contribution in [-0.2, 0) is 59.0 Å². The number of amides is 3. The Morgan fingerprint density at radius 2 is 1.82 bits per heavy atom. The molecule has 0 bridgehead atoms. The maximum atomic E-state index is 14.5. The van der Waals surface area contributed by atoms with E-state index in [1.807, 2.05) is 28.8 Å². The van der Waals surface area contributed by atoms with Gasteiger partial charge in [-0.2, -0.15) is 4.37 Å². The van der Waals surface area contributed by atoms with Gasteiger partial charge in [-0.25, -0.2) is 9.38 Å². The SMILES string of the molecule is C#CCN1C(=O)COc2cc(F)c(N=c3snc4n3CC(C)(C)C4)cc21.CC1(C)OC(c2ccco2)CN1C(=O)C(Cl)Cl.CCc1cccc(CC)c1N(COC)C(=O)CCl.CP(=O)(O)CCC(N)C(=O)O. The van der Waals surface area contributed by atoms with Crippen LogP contribution in [0.15, 0.2) is 58.1 Å². The minimum Gasteiger partial charge on any atom is -0.481 e. The number of terminal acetylenes is 1. The normalized spacial score (nSPS) is 17.6. The molecule has 0 aliphatic carbocycles. The van der Waals surface area contributed by atoms with Crippen molar-refractivity contribution in [3.8, 4) is 18.1 Å². The van der Waals surface area contributed by atoms with E-state index in [-0.39, 0.29) is 73.3 Å². The van der Waals surface area contributed by atoms with Gasteiger partial charge in [0, 0.05) is 50.5 Å². The van der Waals surface area contributed by atoms with Gasteiger partial charge >= 0.3 is 5.97 Å². The summed E-state index contributed by atoms with van der Waals surface area (Å²) >= 11 is 18.1. The third-order valence-corrected chi connectivity index (χ3v) is 13.7. The smallest absolute Gasteiger partial charge is 0.320 e. The zero-order chi connectivity index (χ0) is 53.7. The molecular weight excluding hydrogens is 1040 g/mol. The van der Waals surface area contributed by atoms with Gasteiger partial charge in [0.1, 0.15) is 53.5 Å². The summed E-state index contributed by atoms with van der Waals surface area (Å²) < 4.78 is 53.1. The van der Waals surface area contributed by atoms with Gasteiger partial charge in [-0.3, -0.25) is 33.5 Å². The van der Waals surface area contributed by atoms with Crippen molar-refractivity contribution in [2.24, 2.45) is 16.1 Å². The molecule has 3 aliphatic rings. The molecule has 1 saturated heterocycles. The van der Waals surface area contributed by atoms with E-state index in [0.29, 0.717) is 28.5 Å². The van der Waals surface area contributed by atoms with Crippen LogP contribution in [0.4, 0.5) is 21.5 Å². The monoisotopic (exact) mass is 1100 g/mol. The molecule has 3 amide bonds. The molecule has 394 valence electrons. The van der Waals surface area contributed by atoms with Crippen molar-refractivity contribution in [1.82, 2.24) is 13.8 Å². The van der Waals surface area contributed by atoms with Crippen molar-refractivity contribution >= 4 is 94.5 Å². The van der Waals surface area contributed by atoms with Crippen molar-refractivity contribution in [2.45, 2.75) is 96.5 Å². The predicted octanol–water partition coefficient (Wildman–Crippen LogP) is 7.65. The number of carboxylic acids is 1. The molecule has 0 saturated carbocycles. The number of carboxylic acid groups (broad SMARTS) is 1. The maximum absolute atomic E-state index is 14.5. The maximum Gasteiger partial charge on any atom is 0.320 e. The third-order valence-electron chi connectivity index (χ3n) is 11.3. The fourth-order valence-corrected chi connectivity index (χ4v) is 9.60. The van der Waals surface area contributed by atoms with E-state index in [1.165, 1.54) is 40.1 Å². The number of methoxy groups -OCH3 is 1. The summed E-state index contributed by atoms with van der Waals surface area (Å²) in [6.45, 7) is 14.6. The topological polar surface area (TPSA) is 233 Å². The summed E-state index contributed by atoms with van der Waals surface area (Å²) in [7, 11) is -1.52. The molecular formula is C48H62Cl3FN7O11PS. The highest BCUT2D eigenvalue weighted by Gasteiger charge is 2.45. The highest BCUT2D eigenvalue weighted by molar-refractivity contribution is 7.57. The largest absolute Gasteiger partial charge is 0.481 e. The quantitative estimate of drug-likeness (QED) is 0.0477. The first-order chi connectivity index (χ1) is 33.8. The first kappa shape index (κ1) is 59.8. The Hall–Kier alpha value is -4.81. The van der Waals surface area contributed by atoms with Crippen LogP contribution in [0.1, 0.15) is 76.8 Å². The summed E-state index contributed by atoms with van der Waals surface area (Å²) in [5.74, 6) is 1.95. The van der Waals surface area contributed by atoms with E-state index in [9.17, 15) is 28.1 Å². The van der Waals surface area contributed by atoms with Crippen LogP contribution in [0.2, 0.25) is 0 Å². The number of halogens is 4. The number of alkyl halides is 3. The van der Waals surface area contributed by atoms with E-state index in [2.05, 4.69) is 43.0 Å². The second kappa shape index (κ2) is 26.4. The molecule has 24 heteroatoms. The van der Waals surface area contributed by atoms with E-state index < -0.39 is 35.8 Å². The van der Waals surface area contributed by atoms with Gasteiger partial charge in [-0.1, -0.05) is 75.0 Å². The van der Waals surface area contributed by atoms with Gasteiger partial charge in [0.2, 0.25) is 10.7 Å². The Kier molecular flexibility index (Phi) is 21.9. The summed E-state index contributed by atoms with van der Waals surface area (Å²) in [4.78, 5) is 63.3. The molecule has 3 aliphatic heterocycles. The molecule has 0 radical (unpaired) electrons. The number of fused-ring (bicyclic) bond motifs is 2. The van der Waals surface area contributed by atoms with Crippen molar-refractivity contribution in [3.63, 3.8) is 0 Å². The molecule has 2 aromatic carbocycles. The average Bonchev–Trinajstić information content (AvgIpc) is 4.12. The van der Waals surface area contributed by atoms with Gasteiger partial charge < -0.3 is 43.8 Å². The number of furan rings is 1. The fraction of sp³-hybridized carbons (Fsp3) is 0.500. The first-order valence-corrected chi connectivity index (χ1v) is 27.1. The lowest BCUT2D eigenvalue weighted by Crippen LogP contribution is -2.45. The summed E-state index contributed by atoms with van der Waals surface area (Å²) in [6, 6.07) is 11.4. The van der Waals surface area contributed by atoms with E-state index in [4.69, 9.17) is 75.6 Å².